The maximum absolute atomic E-state index is 9.31. The van der Waals surface area contributed by atoms with Crippen LogP contribution in [0.25, 0.3) is 0 Å². The number of nitrogens with one attached hydrogen (secondary N) is 1. The molecule has 82 valence electrons. The van der Waals surface area contributed by atoms with Crippen LogP contribution in [-0.4, -0.2) is 10.1 Å². The fourth-order valence-corrected chi connectivity index (χ4v) is 1.40. The highest BCUT2D eigenvalue weighted by atomic mass is 16.3. The van der Waals surface area contributed by atoms with E-state index in [1.54, 1.807) is 24.4 Å². The van der Waals surface area contributed by atoms with Crippen LogP contribution in [0.3, 0.4) is 0 Å². The normalized spacial score (nSPS) is 10.1. The molecule has 1 aromatic carbocycles. The number of aromatic nitrogens is 1. The molecule has 0 aliphatic carbocycles. The van der Waals surface area contributed by atoms with E-state index in [-0.39, 0.29) is 5.75 Å². The molecule has 0 amide bonds. The predicted molar refractivity (Wildman–Crippen MR) is 63.5 cm³/mol. The monoisotopic (exact) mass is 215 g/mol. The minimum absolute atomic E-state index is 0.222. The Hall–Kier alpha value is -2.07. The number of nitrogens with zero attached hydrogens (tertiary/aromatic N) is 1. The van der Waals surface area contributed by atoms with Gasteiger partial charge in [-0.1, -0.05) is 6.07 Å². The lowest BCUT2D eigenvalue weighted by Crippen LogP contribution is -1.99. The summed E-state index contributed by atoms with van der Waals surface area (Å²) in [5.74, 6) is 0.938. The number of phenols is 1. The number of pyridine rings is 1. The molecule has 4 N–H and O–H groups in total. The minimum atomic E-state index is 0.222. The van der Waals surface area contributed by atoms with Crippen molar-refractivity contribution in [1.82, 2.24) is 4.98 Å². The van der Waals surface area contributed by atoms with Crippen molar-refractivity contribution >= 4 is 11.5 Å². The largest absolute Gasteiger partial charge is 0.508 e. The van der Waals surface area contributed by atoms with Crippen molar-refractivity contribution in [3.8, 4) is 5.75 Å². The quantitative estimate of drug-likeness (QED) is 0.732. The smallest absolute Gasteiger partial charge is 0.130 e. The van der Waals surface area contributed by atoms with Gasteiger partial charge in [-0.25, -0.2) is 4.98 Å². The first-order chi connectivity index (χ1) is 7.78. The number of nitrogens with two attached hydrogens (primary N) is 1. The molecule has 0 aliphatic rings. The van der Waals surface area contributed by atoms with E-state index in [1.165, 1.54) is 0 Å². The van der Waals surface area contributed by atoms with Crippen molar-refractivity contribution in [3.63, 3.8) is 0 Å². The second kappa shape index (κ2) is 4.63. The van der Waals surface area contributed by atoms with Crippen molar-refractivity contribution in [2.75, 3.05) is 5.32 Å². The van der Waals surface area contributed by atoms with E-state index in [0.29, 0.717) is 12.4 Å². The van der Waals surface area contributed by atoms with Gasteiger partial charge < -0.3 is 16.2 Å². The number of rotatable bonds is 3. The van der Waals surface area contributed by atoms with Crippen molar-refractivity contribution in [3.05, 3.63) is 48.2 Å². The number of hydrogen-bond donors (Lipinski definition) is 3. The van der Waals surface area contributed by atoms with Crippen LogP contribution in [0.4, 0.5) is 11.5 Å². The zero-order chi connectivity index (χ0) is 11.4. The lowest BCUT2D eigenvalue weighted by Gasteiger charge is -2.06. The summed E-state index contributed by atoms with van der Waals surface area (Å²) >= 11 is 0. The third-order valence-corrected chi connectivity index (χ3v) is 2.18. The Bertz CT molecular complexity index is 485. The highest BCUT2D eigenvalue weighted by molar-refractivity contribution is 5.58. The van der Waals surface area contributed by atoms with E-state index in [0.717, 1.165) is 11.3 Å². The van der Waals surface area contributed by atoms with Crippen LogP contribution < -0.4 is 11.1 Å². The van der Waals surface area contributed by atoms with Gasteiger partial charge in [-0.15, -0.1) is 0 Å². The first kappa shape index (κ1) is 10.4. The summed E-state index contributed by atoms with van der Waals surface area (Å²) in [5.41, 5.74) is 7.35. The molecule has 0 saturated carbocycles. The highest BCUT2D eigenvalue weighted by Gasteiger charge is 1.98. The molecule has 1 aromatic heterocycles. The lowest BCUT2D eigenvalue weighted by atomic mass is 10.2. The summed E-state index contributed by atoms with van der Waals surface area (Å²) in [6.45, 7) is 0.483. The number of phenolic OH excluding ortho intramolecular Hbond substituents is 1. The second-order valence-corrected chi connectivity index (χ2v) is 3.43. The van der Waals surface area contributed by atoms with Gasteiger partial charge >= 0.3 is 0 Å². The summed E-state index contributed by atoms with van der Waals surface area (Å²) < 4.78 is 0. The summed E-state index contributed by atoms with van der Waals surface area (Å²) in [6.07, 6.45) is 1.70. The zero-order valence-corrected chi connectivity index (χ0v) is 8.72. The van der Waals surface area contributed by atoms with Crippen molar-refractivity contribution < 1.29 is 5.11 Å². The van der Waals surface area contributed by atoms with Gasteiger partial charge in [0, 0.05) is 24.5 Å². The van der Waals surface area contributed by atoms with E-state index < -0.39 is 0 Å². The molecule has 16 heavy (non-hydrogen) atoms. The highest BCUT2D eigenvalue weighted by Crippen LogP contribution is 2.19. The summed E-state index contributed by atoms with van der Waals surface area (Å²) in [4.78, 5) is 4.16. The van der Waals surface area contributed by atoms with Crippen LogP contribution in [0.15, 0.2) is 42.6 Å². The Morgan fingerprint density at radius 2 is 2.12 bits per heavy atom. The van der Waals surface area contributed by atoms with Gasteiger partial charge in [0.15, 0.2) is 0 Å². The minimum Gasteiger partial charge on any atom is -0.508 e. The van der Waals surface area contributed by atoms with Gasteiger partial charge in [0.2, 0.25) is 0 Å². The van der Waals surface area contributed by atoms with Crippen LogP contribution in [-0.2, 0) is 6.54 Å². The molecule has 1 heterocycles. The molecule has 0 aliphatic heterocycles. The molecule has 0 saturated heterocycles. The molecule has 0 radical (unpaired) electrons. The van der Waals surface area contributed by atoms with Crippen LogP contribution >= 0.6 is 0 Å². The standard InChI is InChI=1S/C12H13N3O/c13-8-9-4-5-14-12(6-9)15-10-2-1-3-11(16)7-10/h1-7,16H,8,13H2,(H,14,15). The van der Waals surface area contributed by atoms with Crippen molar-refractivity contribution in [2.24, 2.45) is 5.73 Å². The first-order valence-corrected chi connectivity index (χ1v) is 4.99. The van der Waals surface area contributed by atoms with E-state index in [9.17, 15) is 5.11 Å². The molecule has 0 fully saturated rings. The third-order valence-electron chi connectivity index (χ3n) is 2.18. The van der Waals surface area contributed by atoms with Crippen LogP contribution in [0.5, 0.6) is 5.75 Å². The lowest BCUT2D eigenvalue weighted by molar-refractivity contribution is 0.475. The average molecular weight is 215 g/mol. The Morgan fingerprint density at radius 1 is 1.25 bits per heavy atom. The maximum Gasteiger partial charge on any atom is 0.130 e. The molecule has 0 atom stereocenters. The third kappa shape index (κ3) is 2.49. The number of anilines is 2. The fraction of sp³-hybridized carbons (Fsp3) is 0.0833. The molecule has 4 heteroatoms. The molecule has 0 bridgehead atoms. The SMILES string of the molecule is NCc1ccnc(Nc2cccc(O)c2)c1. The van der Waals surface area contributed by atoms with Gasteiger partial charge in [0.1, 0.15) is 11.6 Å². The summed E-state index contributed by atoms with van der Waals surface area (Å²) in [6, 6.07) is 10.6. The Balaban J connectivity index is 2.20. The average Bonchev–Trinajstić information content (AvgIpc) is 2.29. The zero-order valence-electron chi connectivity index (χ0n) is 8.72. The fourth-order valence-electron chi connectivity index (χ4n) is 1.40. The van der Waals surface area contributed by atoms with E-state index in [1.807, 2.05) is 18.2 Å². The van der Waals surface area contributed by atoms with Crippen LogP contribution in [0, 0.1) is 0 Å². The maximum atomic E-state index is 9.31. The number of hydrogen-bond acceptors (Lipinski definition) is 4. The van der Waals surface area contributed by atoms with Gasteiger partial charge in [-0.05, 0) is 29.8 Å². The van der Waals surface area contributed by atoms with Crippen LogP contribution in [0.1, 0.15) is 5.56 Å². The number of aromatic hydroxyl groups is 1. The second-order valence-electron chi connectivity index (χ2n) is 3.43. The Labute approximate surface area is 93.8 Å². The molecule has 4 nitrogen and oxygen atoms in total. The molecule has 2 rings (SSSR count). The molecule has 2 aromatic rings. The van der Waals surface area contributed by atoms with Gasteiger partial charge in [0.05, 0.1) is 0 Å². The van der Waals surface area contributed by atoms with Crippen molar-refractivity contribution in [2.45, 2.75) is 6.54 Å². The van der Waals surface area contributed by atoms with E-state index in [2.05, 4.69) is 10.3 Å². The Kier molecular flexibility index (Phi) is 3.03. The van der Waals surface area contributed by atoms with E-state index in [4.69, 9.17) is 5.73 Å². The Morgan fingerprint density at radius 3 is 2.88 bits per heavy atom. The molecular formula is C12H13N3O. The topological polar surface area (TPSA) is 71.2 Å². The first-order valence-electron chi connectivity index (χ1n) is 4.99. The molecule has 0 unspecified atom stereocenters. The predicted octanol–water partition coefficient (Wildman–Crippen LogP) is 1.99. The van der Waals surface area contributed by atoms with Crippen LogP contribution in [0.2, 0.25) is 0 Å². The summed E-state index contributed by atoms with van der Waals surface area (Å²) in [5, 5.41) is 12.4. The number of benzene rings is 1. The van der Waals surface area contributed by atoms with Gasteiger partial charge in [-0.2, -0.15) is 0 Å². The van der Waals surface area contributed by atoms with Gasteiger partial charge in [0.25, 0.3) is 0 Å². The summed E-state index contributed by atoms with van der Waals surface area (Å²) in [7, 11) is 0. The van der Waals surface area contributed by atoms with Gasteiger partial charge in [-0.3, -0.25) is 0 Å². The molecule has 0 spiro atoms. The van der Waals surface area contributed by atoms with Crippen molar-refractivity contribution in [1.29, 1.82) is 0 Å². The van der Waals surface area contributed by atoms with E-state index >= 15 is 0 Å². The molecular weight excluding hydrogens is 202 g/mol.